The van der Waals surface area contributed by atoms with Crippen molar-refractivity contribution in [2.75, 3.05) is 13.7 Å². The molecule has 0 saturated carbocycles. The Hall–Kier alpha value is -0.0900. The van der Waals surface area contributed by atoms with Crippen LogP contribution in [0.25, 0.3) is 0 Å². The van der Waals surface area contributed by atoms with Gasteiger partial charge in [0.15, 0.2) is 0 Å². The van der Waals surface area contributed by atoms with E-state index in [2.05, 4.69) is 32.2 Å². The minimum atomic E-state index is -0.122. The van der Waals surface area contributed by atoms with Crippen molar-refractivity contribution in [1.82, 2.24) is 5.32 Å². The zero-order valence-corrected chi connectivity index (χ0v) is 11.9. The van der Waals surface area contributed by atoms with E-state index in [9.17, 15) is 0 Å². The van der Waals surface area contributed by atoms with Crippen LogP contribution in [0.5, 0.6) is 0 Å². The molecule has 1 heterocycles. The maximum atomic E-state index is 5.97. The molecule has 1 rings (SSSR count). The molecule has 1 N–H and O–H groups in total. The Labute approximate surface area is 107 Å². The van der Waals surface area contributed by atoms with Gasteiger partial charge in [0.25, 0.3) is 0 Å². The minimum Gasteiger partial charge on any atom is -0.379 e. The van der Waals surface area contributed by atoms with Crippen molar-refractivity contribution in [1.29, 1.82) is 0 Å². The van der Waals surface area contributed by atoms with Crippen molar-refractivity contribution < 1.29 is 4.74 Å². The standard InChI is InChI=1S/C12H20ClNOS/c1-5-14-9(8-12(2,3)15-4)10-6-7-11(13)16-10/h6-7,9,14H,5,8H2,1-4H3. The molecular formula is C12H20ClNOS. The summed E-state index contributed by atoms with van der Waals surface area (Å²) in [5.41, 5.74) is -0.122. The summed E-state index contributed by atoms with van der Waals surface area (Å²) in [7, 11) is 1.75. The molecule has 0 aliphatic heterocycles. The van der Waals surface area contributed by atoms with Gasteiger partial charge in [-0.2, -0.15) is 0 Å². The van der Waals surface area contributed by atoms with Crippen LogP contribution in [0, 0.1) is 0 Å². The Morgan fingerprint density at radius 2 is 2.19 bits per heavy atom. The Balaban J connectivity index is 2.75. The molecule has 0 amide bonds. The molecule has 0 aromatic carbocycles. The molecule has 92 valence electrons. The summed E-state index contributed by atoms with van der Waals surface area (Å²) < 4.78 is 6.32. The monoisotopic (exact) mass is 261 g/mol. The summed E-state index contributed by atoms with van der Waals surface area (Å²) in [6, 6.07) is 4.36. The van der Waals surface area contributed by atoms with E-state index >= 15 is 0 Å². The van der Waals surface area contributed by atoms with E-state index in [-0.39, 0.29) is 5.60 Å². The van der Waals surface area contributed by atoms with E-state index in [1.165, 1.54) is 4.88 Å². The van der Waals surface area contributed by atoms with Crippen LogP contribution in [0.4, 0.5) is 0 Å². The molecule has 16 heavy (non-hydrogen) atoms. The lowest BCUT2D eigenvalue weighted by atomic mass is 9.98. The van der Waals surface area contributed by atoms with E-state index in [1.54, 1.807) is 18.4 Å². The van der Waals surface area contributed by atoms with Gasteiger partial charge < -0.3 is 10.1 Å². The van der Waals surface area contributed by atoms with Crippen molar-refractivity contribution in [2.45, 2.75) is 38.8 Å². The third-order valence-electron chi connectivity index (χ3n) is 2.64. The van der Waals surface area contributed by atoms with Crippen molar-refractivity contribution in [3.8, 4) is 0 Å². The summed E-state index contributed by atoms with van der Waals surface area (Å²) in [6.07, 6.45) is 0.939. The predicted octanol–water partition coefficient (Wildman–Crippen LogP) is 3.87. The van der Waals surface area contributed by atoms with Crippen LogP contribution < -0.4 is 5.32 Å². The first-order chi connectivity index (χ1) is 7.48. The van der Waals surface area contributed by atoms with E-state index in [1.807, 2.05) is 6.07 Å². The van der Waals surface area contributed by atoms with Crippen LogP contribution in [0.2, 0.25) is 4.34 Å². The largest absolute Gasteiger partial charge is 0.379 e. The number of hydrogen-bond donors (Lipinski definition) is 1. The number of rotatable bonds is 6. The topological polar surface area (TPSA) is 21.3 Å². The normalized spacial score (nSPS) is 14.1. The van der Waals surface area contributed by atoms with E-state index in [4.69, 9.17) is 16.3 Å². The van der Waals surface area contributed by atoms with Gasteiger partial charge in [0.2, 0.25) is 0 Å². The van der Waals surface area contributed by atoms with Crippen LogP contribution in [0.1, 0.15) is 38.1 Å². The molecule has 1 aromatic heterocycles. The summed E-state index contributed by atoms with van der Waals surface area (Å²) in [6.45, 7) is 7.26. The number of ether oxygens (including phenoxy) is 1. The van der Waals surface area contributed by atoms with Crippen molar-refractivity contribution in [3.63, 3.8) is 0 Å². The third-order valence-corrected chi connectivity index (χ3v) is 3.98. The zero-order chi connectivity index (χ0) is 12.2. The first-order valence-corrected chi connectivity index (χ1v) is 6.71. The Morgan fingerprint density at radius 3 is 2.62 bits per heavy atom. The van der Waals surface area contributed by atoms with Crippen molar-refractivity contribution >= 4 is 22.9 Å². The molecule has 0 aliphatic rings. The molecule has 0 spiro atoms. The predicted molar refractivity (Wildman–Crippen MR) is 71.5 cm³/mol. The molecule has 0 fully saturated rings. The quantitative estimate of drug-likeness (QED) is 0.840. The smallest absolute Gasteiger partial charge is 0.0931 e. The van der Waals surface area contributed by atoms with Gasteiger partial charge in [0, 0.05) is 18.0 Å². The zero-order valence-electron chi connectivity index (χ0n) is 10.3. The van der Waals surface area contributed by atoms with Gasteiger partial charge in [-0.05, 0) is 38.9 Å². The second-order valence-corrected chi connectivity index (χ2v) is 6.17. The molecule has 0 bridgehead atoms. The maximum Gasteiger partial charge on any atom is 0.0931 e. The van der Waals surface area contributed by atoms with Gasteiger partial charge in [-0.3, -0.25) is 0 Å². The van der Waals surface area contributed by atoms with Crippen LogP contribution in [-0.2, 0) is 4.74 Å². The third kappa shape index (κ3) is 4.06. The van der Waals surface area contributed by atoms with E-state index in [0.717, 1.165) is 17.3 Å². The van der Waals surface area contributed by atoms with Crippen LogP contribution in [0.15, 0.2) is 12.1 Å². The first kappa shape index (κ1) is 14.0. The molecule has 1 aromatic rings. The summed E-state index contributed by atoms with van der Waals surface area (Å²) in [4.78, 5) is 1.27. The molecule has 1 unspecified atom stereocenters. The average Bonchev–Trinajstić information content (AvgIpc) is 2.64. The molecule has 0 saturated heterocycles. The van der Waals surface area contributed by atoms with Gasteiger partial charge in [-0.15, -0.1) is 11.3 Å². The van der Waals surface area contributed by atoms with E-state index in [0.29, 0.717) is 6.04 Å². The Bertz CT molecular complexity index is 325. The molecule has 4 heteroatoms. The lowest BCUT2D eigenvalue weighted by Crippen LogP contribution is -2.31. The molecular weight excluding hydrogens is 242 g/mol. The van der Waals surface area contributed by atoms with Gasteiger partial charge in [0.05, 0.1) is 9.94 Å². The number of thiophene rings is 1. The SMILES string of the molecule is CCNC(CC(C)(C)OC)c1ccc(Cl)s1. The number of halogens is 1. The summed E-state index contributed by atoms with van der Waals surface area (Å²) in [5.74, 6) is 0. The minimum absolute atomic E-state index is 0.122. The molecule has 2 nitrogen and oxygen atoms in total. The van der Waals surface area contributed by atoms with Gasteiger partial charge in [-0.1, -0.05) is 18.5 Å². The van der Waals surface area contributed by atoms with Crippen molar-refractivity contribution in [3.05, 3.63) is 21.3 Å². The average molecular weight is 262 g/mol. The highest BCUT2D eigenvalue weighted by Gasteiger charge is 2.24. The fourth-order valence-electron chi connectivity index (χ4n) is 1.61. The molecule has 0 aliphatic carbocycles. The Morgan fingerprint density at radius 1 is 1.50 bits per heavy atom. The maximum absolute atomic E-state index is 5.97. The summed E-state index contributed by atoms with van der Waals surface area (Å²) in [5, 5.41) is 3.47. The van der Waals surface area contributed by atoms with Crippen molar-refractivity contribution in [2.24, 2.45) is 0 Å². The van der Waals surface area contributed by atoms with Crippen LogP contribution >= 0.6 is 22.9 Å². The van der Waals surface area contributed by atoms with Crippen LogP contribution in [-0.4, -0.2) is 19.3 Å². The number of methoxy groups -OCH3 is 1. The second kappa shape index (κ2) is 6.01. The highest BCUT2D eigenvalue weighted by molar-refractivity contribution is 7.16. The first-order valence-electron chi connectivity index (χ1n) is 5.52. The van der Waals surface area contributed by atoms with E-state index < -0.39 is 0 Å². The fraction of sp³-hybridized carbons (Fsp3) is 0.667. The Kier molecular flexibility index (Phi) is 5.25. The summed E-state index contributed by atoms with van der Waals surface area (Å²) >= 11 is 7.60. The lowest BCUT2D eigenvalue weighted by Gasteiger charge is -2.28. The molecule has 1 atom stereocenters. The van der Waals surface area contributed by atoms with Gasteiger partial charge in [0.1, 0.15) is 0 Å². The van der Waals surface area contributed by atoms with Gasteiger partial charge >= 0.3 is 0 Å². The molecule has 0 radical (unpaired) electrons. The highest BCUT2D eigenvalue weighted by Crippen LogP contribution is 2.32. The second-order valence-electron chi connectivity index (χ2n) is 4.42. The fourth-order valence-corrected chi connectivity index (χ4v) is 2.75. The van der Waals surface area contributed by atoms with Gasteiger partial charge in [-0.25, -0.2) is 0 Å². The highest BCUT2D eigenvalue weighted by atomic mass is 35.5. The lowest BCUT2D eigenvalue weighted by molar-refractivity contribution is 0.00726. The van der Waals surface area contributed by atoms with Crippen LogP contribution in [0.3, 0.4) is 0 Å². The number of nitrogens with one attached hydrogen (secondary N) is 1. The number of hydrogen-bond acceptors (Lipinski definition) is 3.